The first-order chi connectivity index (χ1) is 16.1. The molecule has 0 amide bonds. The van der Waals surface area contributed by atoms with Crippen LogP contribution in [-0.4, -0.2) is 37.8 Å². The third-order valence-electron chi connectivity index (χ3n) is 5.99. The van der Waals surface area contributed by atoms with Gasteiger partial charge < -0.3 is 10.6 Å². The van der Waals surface area contributed by atoms with Gasteiger partial charge in [-0.05, 0) is 37.5 Å². The molecule has 0 aliphatic carbocycles. The highest BCUT2D eigenvalue weighted by Crippen LogP contribution is 2.29. The van der Waals surface area contributed by atoms with Gasteiger partial charge >= 0.3 is 11.9 Å². The topological polar surface area (TPSA) is 91.1 Å². The largest absolute Gasteiger partial charge is 0.416 e. The number of imidazole rings is 1. The normalized spacial score (nSPS) is 16.5. The molecule has 1 atom stereocenters. The van der Waals surface area contributed by atoms with Crippen molar-refractivity contribution in [3.63, 3.8) is 0 Å². The summed E-state index contributed by atoms with van der Waals surface area (Å²) in [4.78, 5) is 33.1. The van der Waals surface area contributed by atoms with E-state index in [-0.39, 0.29) is 30.3 Å². The minimum atomic E-state index is -4.47. The molecule has 1 unspecified atom stereocenters. The Labute approximate surface area is 193 Å². The molecule has 11 heteroatoms. The van der Waals surface area contributed by atoms with Gasteiger partial charge in [-0.1, -0.05) is 18.1 Å². The maximum Gasteiger partial charge on any atom is 0.416 e. The van der Waals surface area contributed by atoms with Gasteiger partial charge in [-0.25, -0.2) is 4.79 Å². The first-order valence-electron chi connectivity index (χ1n) is 10.9. The Morgan fingerprint density at radius 2 is 1.88 bits per heavy atom. The van der Waals surface area contributed by atoms with Crippen LogP contribution in [0.15, 0.2) is 33.9 Å². The fourth-order valence-corrected chi connectivity index (χ4v) is 4.22. The van der Waals surface area contributed by atoms with Crippen molar-refractivity contribution < 1.29 is 13.2 Å². The summed E-state index contributed by atoms with van der Waals surface area (Å²) in [5, 5.41) is 0. The number of piperidine rings is 1. The Morgan fingerprint density at radius 1 is 1.18 bits per heavy atom. The summed E-state index contributed by atoms with van der Waals surface area (Å²) in [5.41, 5.74) is 5.00. The van der Waals surface area contributed by atoms with Crippen molar-refractivity contribution in [1.29, 1.82) is 0 Å². The summed E-state index contributed by atoms with van der Waals surface area (Å²) < 4.78 is 42.6. The van der Waals surface area contributed by atoms with Crippen molar-refractivity contribution in [2.45, 2.75) is 45.1 Å². The number of aromatic nitrogens is 4. The lowest BCUT2D eigenvalue weighted by atomic mass is 10.1. The van der Waals surface area contributed by atoms with Crippen molar-refractivity contribution >= 4 is 17.1 Å². The molecule has 180 valence electrons. The van der Waals surface area contributed by atoms with Gasteiger partial charge in [0.25, 0.3) is 5.56 Å². The fourth-order valence-electron chi connectivity index (χ4n) is 4.22. The number of nitrogens with zero attached hydrogens (tertiary/aromatic N) is 5. The number of fused-ring (bicyclic) bond motifs is 1. The Hall–Kier alpha value is -3.52. The van der Waals surface area contributed by atoms with Gasteiger partial charge in [0, 0.05) is 26.2 Å². The van der Waals surface area contributed by atoms with Crippen molar-refractivity contribution in [1.82, 2.24) is 18.7 Å². The quantitative estimate of drug-likeness (QED) is 0.584. The number of aryl methyl sites for hydroxylation is 1. The summed E-state index contributed by atoms with van der Waals surface area (Å²) in [5.74, 6) is 6.29. The zero-order valence-corrected chi connectivity index (χ0v) is 18.9. The van der Waals surface area contributed by atoms with Gasteiger partial charge in [0.05, 0.1) is 18.7 Å². The molecule has 0 radical (unpaired) electrons. The smallest absolute Gasteiger partial charge is 0.341 e. The Morgan fingerprint density at radius 3 is 2.50 bits per heavy atom. The molecule has 1 aromatic carbocycles. The van der Waals surface area contributed by atoms with Crippen LogP contribution in [0.5, 0.6) is 0 Å². The van der Waals surface area contributed by atoms with Gasteiger partial charge in [0.1, 0.15) is 0 Å². The predicted octanol–water partition coefficient (Wildman–Crippen LogP) is 1.91. The van der Waals surface area contributed by atoms with Crippen LogP contribution < -0.4 is 21.9 Å². The van der Waals surface area contributed by atoms with Crippen LogP contribution in [0.2, 0.25) is 0 Å². The van der Waals surface area contributed by atoms with E-state index >= 15 is 0 Å². The molecule has 3 aromatic rings. The van der Waals surface area contributed by atoms with Crippen molar-refractivity contribution in [2.24, 2.45) is 12.8 Å². The summed E-state index contributed by atoms with van der Waals surface area (Å²) >= 11 is 0. The molecular weight excluding hydrogens is 449 g/mol. The van der Waals surface area contributed by atoms with Crippen molar-refractivity contribution in [3.05, 3.63) is 56.2 Å². The van der Waals surface area contributed by atoms with Crippen LogP contribution in [0.25, 0.3) is 11.2 Å². The van der Waals surface area contributed by atoms with Gasteiger partial charge in [0.15, 0.2) is 11.2 Å². The summed E-state index contributed by atoms with van der Waals surface area (Å²) in [6.07, 6.45) is -2.70. The Bertz CT molecular complexity index is 1390. The zero-order chi connectivity index (χ0) is 24.6. The summed E-state index contributed by atoms with van der Waals surface area (Å²) in [7, 11) is 1.52. The fraction of sp³-hybridized carbons (Fsp3) is 0.435. The number of nitrogens with two attached hydrogens (primary N) is 1. The van der Waals surface area contributed by atoms with Crippen LogP contribution in [0.1, 0.15) is 30.9 Å². The standard InChI is InChI=1S/C23H25F3N6O2/c1-3-4-12-31-18-19(28-21(31)30-11-5-6-17(27)14-30)29(2)22(34)32(20(18)33)13-15-7-9-16(10-8-15)23(24,25)26/h7-10,17H,5-6,11-14,27H2,1-2H3. The highest BCUT2D eigenvalue weighted by molar-refractivity contribution is 5.75. The molecular formula is C23H25F3N6O2. The van der Waals surface area contributed by atoms with Gasteiger partial charge in [0.2, 0.25) is 5.95 Å². The van der Waals surface area contributed by atoms with Crippen LogP contribution in [0.4, 0.5) is 19.1 Å². The lowest BCUT2D eigenvalue weighted by Crippen LogP contribution is -2.44. The molecule has 0 saturated carbocycles. The van der Waals surface area contributed by atoms with E-state index in [1.165, 1.54) is 23.7 Å². The summed E-state index contributed by atoms with van der Waals surface area (Å²) in [6, 6.07) is 4.36. The molecule has 0 spiro atoms. The average molecular weight is 474 g/mol. The van der Waals surface area contributed by atoms with E-state index < -0.39 is 23.0 Å². The van der Waals surface area contributed by atoms with Crippen molar-refractivity contribution in [2.75, 3.05) is 18.0 Å². The zero-order valence-electron chi connectivity index (χ0n) is 18.9. The van der Waals surface area contributed by atoms with Crippen LogP contribution >= 0.6 is 0 Å². The lowest BCUT2D eigenvalue weighted by molar-refractivity contribution is -0.137. The van der Waals surface area contributed by atoms with Crippen LogP contribution in [0, 0.1) is 11.8 Å². The second-order valence-electron chi connectivity index (χ2n) is 8.37. The number of anilines is 1. The number of benzene rings is 1. The molecule has 1 fully saturated rings. The monoisotopic (exact) mass is 474 g/mol. The van der Waals surface area contributed by atoms with E-state index in [1.54, 1.807) is 11.5 Å². The minimum Gasteiger partial charge on any atom is -0.341 e. The van der Waals surface area contributed by atoms with Crippen LogP contribution in [0.3, 0.4) is 0 Å². The number of alkyl halides is 3. The third-order valence-corrected chi connectivity index (χ3v) is 5.99. The number of halogens is 3. The van der Waals surface area contributed by atoms with E-state index in [4.69, 9.17) is 5.73 Å². The first-order valence-corrected chi connectivity index (χ1v) is 10.9. The van der Waals surface area contributed by atoms with E-state index in [1.807, 2.05) is 4.90 Å². The molecule has 4 rings (SSSR count). The molecule has 1 aliphatic rings. The number of hydrogen-bond acceptors (Lipinski definition) is 5. The Kier molecular flexibility index (Phi) is 6.27. The highest BCUT2D eigenvalue weighted by atomic mass is 19.4. The molecule has 3 heterocycles. The maximum atomic E-state index is 13.5. The lowest BCUT2D eigenvalue weighted by Gasteiger charge is -2.31. The molecule has 8 nitrogen and oxygen atoms in total. The van der Waals surface area contributed by atoms with E-state index in [0.717, 1.165) is 29.5 Å². The maximum absolute atomic E-state index is 13.5. The second-order valence-corrected chi connectivity index (χ2v) is 8.37. The third kappa shape index (κ3) is 4.33. The highest BCUT2D eigenvalue weighted by Gasteiger charge is 2.30. The van der Waals surface area contributed by atoms with Crippen molar-refractivity contribution in [3.8, 4) is 11.8 Å². The molecule has 2 aromatic heterocycles. The van der Waals surface area contributed by atoms with Gasteiger partial charge in [-0.15, -0.1) is 5.92 Å². The number of rotatable bonds is 4. The molecule has 34 heavy (non-hydrogen) atoms. The van der Waals surface area contributed by atoms with E-state index in [2.05, 4.69) is 16.8 Å². The van der Waals surface area contributed by atoms with Gasteiger partial charge in [-0.3, -0.25) is 18.5 Å². The first kappa shape index (κ1) is 23.6. The summed E-state index contributed by atoms with van der Waals surface area (Å²) in [6.45, 7) is 2.99. The van der Waals surface area contributed by atoms with Gasteiger partial charge in [-0.2, -0.15) is 18.2 Å². The molecule has 1 saturated heterocycles. The minimum absolute atomic E-state index is 0.0283. The van der Waals surface area contributed by atoms with E-state index in [0.29, 0.717) is 24.6 Å². The average Bonchev–Trinajstić information content (AvgIpc) is 3.18. The van der Waals surface area contributed by atoms with Crippen LogP contribution in [-0.2, 0) is 26.3 Å². The predicted molar refractivity (Wildman–Crippen MR) is 123 cm³/mol. The Balaban J connectivity index is 1.85. The second kappa shape index (κ2) is 9.02. The SMILES string of the molecule is CC#CCn1c(N2CCCC(N)C2)nc2c1c(=O)n(Cc1ccc(C(F)(F)F)cc1)c(=O)n2C. The molecule has 2 N–H and O–H groups in total. The van der Waals surface area contributed by atoms with E-state index in [9.17, 15) is 22.8 Å². The molecule has 1 aliphatic heterocycles. The molecule has 0 bridgehead atoms. The number of hydrogen-bond donors (Lipinski definition) is 1.